The van der Waals surface area contributed by atoms with Crippen LogP contribution in [0.5, 0.6) is 0 Å². The van der Waals surface area contributed by atoms with Crippen LogP contribution in [0.3, 0.4) is 0 Å². The molecule has 14 heavy (non-hydrogen) atoms. The van der Waals surface area contributed by atoms with Crippen LogP contribution >= 0.6 is 11.6 Å². The summed E-state index contributed by atoms with van der Waals surface area (Å²) < 4.78 is 0. The first kappa shape index (κ1) is 9.22. The molecule has 0 aliphatic carbocycles. The van der Waals surface area contributed by atoms with Crippen LogP contribution in [0.4, 0.5) is 0 Å². The first-order valence-electron chi connectivity index (χ1n) is 4.38. The number of benzene rings is 2. The number of carbonyl (C=O) groups excluding carboxylic acids is 1. The lowest BCUT2D eigenvalue weighted by Crippen LogP contribution is -1.85. The highest BCUT2D eigenvalue weighted by molar-refractivity contribution is 6.17. The van der Waals surface area contributed by atoms with Crippen LogP contribution in [0.25, 0.3) is 10.8 Å². The third kappa shape index (κ3) is 1.51. The molecule has 2 aromatic carbocycles. The maximum Gasteiger partial charge on any atom is 0.150 e. The number of fused-ring (bicyclic) bond motifs is 1. The third-order valence-corrected chi connectivity index (χ3v) is 2.57. The largest absolute Gasteiger partial charge is 0.298 e. The predicted molar refractivity (Wildman–Crippen MR) is 58.9 cm³/mol. The molecule has 0 heterocycles. The topological polar surface area (TPSA) is 17.1 Å². The van der Waals surface area contributed by atoms with Crippen molar-refractivity contribution in [2.24, 2.45) is 0 Å². The Kier molecular flexibility index (Phi) is 2.51. The lowest BCUT2D eigenvalue weighted by molar-refractivity contribution is 0.112. The second-order valence-corrected chi connectivity index (χ2v) is 3.42. The normalized spacial score (nSPS) is 10.4. The van der Waals surface area contributed by atoms with Crippen LogP contribution in [-0.4, -0.2) is 6.29 Å². The zero-order valence-electron chi connectivity index (χ0n) is 7.53. The minimum absolute atomic E-state index is 0.475. The molecule has 0 aliphatic rings. The lowest BCUT2D eigenvalue weighted by atomic mass is 10.0. The molecule has 70 valence electrons. The van der Waals surface area contributed by atoms with Crippen molar-refractivity contribution in [2.45, 2.75) is 5.88 Å². The van der Waals surface area contributed by atoms with E-state index in [1.807, 2.05) is 36.4 Å². The van der Waals surface area contributed by atoms with E-state index in [4.69, 9.17) is 11.6 Å². The molecule has 0 aromatic heterocycles. The summed E-state index contributed by atoms with van der Waals surface area (Å²) in [7, 11) is 0. The Morgan fingerprint density at radius 2 is 2.07 bits per heavy atom. The quantitative estimate of drug-likeness (QED) is 0.541. The van der Waals surface area contributed by atoms with Crippen LogP contribution in [0, 0.1) is 0 Å². The minimum Gasteiger partial charge on any atom is -0.298 e. The van der Waals surface area contributed by atoms with Gasteiger partial charge in [0.25, 0.3) is 0 Å². The van der Waals surface area contributed by atoms with E-state index in [-0.39, 0.29) is 0 Å². The zero-order valence-corrected chi connectivity index (χ0v) is 8.29. The van der Waals surface area contributed by atoms with Gasteiger partial charge in [-0.05, 0) is 22.4 Å². The summed E-state index contributed by atoms with van der Waals surface area (Å²) in [5, 5.41) is 2.05. The number of aldehydes is 1. The van der Waals surface area contributed by atoms with E-state index in [1.165, 1.54) is 0 Å². The molecule has 2 heteroatoms. The van der Waals surface area contributed by atoms with Gasteiger partial charge in [0.1, 0.15) is 0 Å². The fourth-order valence-corrected chi connectivity index (χ4v) is 1.70. The van der Waals surface area contributed by atoms with Crippen molar-refractivity contribution in [1.29, 1.82) is 0 Å². The summed E-state index contributed by atoms with van der Waals surface area (Å²) in [4.78, 5) is 10.8. The van der Waals surface area contributed by atoms with Gasteiger partial charge in [-0.1, -0.05) is 30.3 Å². The molecule has 0 spiro atoms. The van der Waals surface area contributed by atoms with Crippen molar-refractivity contribution in [1.82, 2.24) is 0 Å². The van der Waals surface area contributed by atoms with E-state index in [0.717, 1.165) is 28.2 Å². The van der Waals surface area contributed by atoms with Crippen LogP contribution in [-0.2, 0) is 5.88 Å². The smallest absolute Gasteiger partial charge is 0.150 e. The maximum absolute atomic E-state index is 10.8. The molecule has 2 aromatic rings. The van der Waals surface area contributed by atoms with E-state index in [1.54, 1.807) is 0 Å². The van der Waals surface area contributed by atoms with E-state index in [2.05, 4.69) is 0 Å². The molecular weight excluding hydrogens is 196 g/mol. The van der Waals surface area contributed by atoms with Crippen LogP contribution in [0.1, 0.15) is 15.9 Å². The third-order valence-electron chi connectivity index (χ3n) is 2.26. The Labute approximate surface area is 87.3 Å². The summed E-state index contributed by atoms with van der Waals surface area (Å²) in [6.07, 6.45) is 0.875. The summed E-state index contributed by atoms with van der Waals surface area (Å²) in [6.45, 7) is 0. The fraction of sp³-hybridized carbons (Fsp3) is 0.0833. The highest BCUT2D eigenvalue weighted by Crippen LogP contribution is 2.20. The van der Waals surface area contributed by atoms with Crippen molar-refractivity contribution in [3.05, 3.63) is 47.5 Å². The van der Waals surface area contributed by atoms with Gasteiger partial charge in [-0.25, -0.2) is 0 Å². The molecule has 0 unspecified atom stereocenters. The standard InChI is InChI=1S/C12H9ClO/c13-7-9-4-5-10-2-1-3-11(8-14)12(10)6-9/h1-6,8H,7H2. The SMILES string of the molecule is O=Cc1cccc2ccc(CCl)cc12. The molecule has 0 atom stereocenters. The van der Waals surface area contributed by atoms with Crippen LogP contribution in [0.2, 0.25) is 0 Å². The average Bonchev–Trinajstić information content (AvgIpc) is 2.27. The van der Waals surface area contributed by atoms with Gasteiger partial charge >= 0.3 is 0 Å². The van der Waals surface area contributed by atoms with E-state index >= 15 is 0 Å². The Bertz CT molecular complexity index is 477. The molecule has 0 saturated carbocycles. The number of rotatable bonds is 2. The van der Waals surface area contributed by atoms with Gasteiger partial charge in [0.2, 0.25) is 0 Å². The summed E-state index contributed by atoms with van der Waals surface area (Å²) in [5.74, 6) is 0.475. The Morgan fingerprint density at radius 1 is 1.21 bits per heavy atom. The minimum atomic E-state index is 0.475. The number of hydrogen-bond acceptors (Lipinski definition) is 1. The number of alkyl halides is 1. The number of carbonyl (C=O) groups is 1. The molecule has 0 aliphatic heterocycles. The predicted octanol–water partition coefficient (Wildman–Crippen LogP) is 3.39. The van der Waals surface area contributed by atoms with E-state index in [9.17, 15) is 4.79 Å². The molecule has 0 N–H and O–H groups in total. The average molecular weight is 205 g/mol. The van der Waals surface area contributed by atoms with Gasteiger partial charge in [-0.15, -0.1) is 11.6 Å². The summed E-state index contributed by atoms with van der Waals surface area (Å²) in [5.41, 5.74) is 1.75. The Morgan fingerprint density at radius 3 is 2.79 bits per heavy atom. The maximum atomic E-state index is 10.8. The number of halogens is 1. The molecule has 0 bridgehead atoms. The Hall–Kier alpha value is -1.34. The Balaban J connectivity index is 2.76. The second-order valence-electron chi connectivity index (χ2n) is 3.15. The first-order chi connectivity index (χ1) is 6.85. The van der Waals surface area contributed by atoms with Crippen LogP contribution in [0.15, 0.2) is 36.4 Å². The number of hydrogen-bond donors (Lipinski definition) is 0. The van der Waals surface area contributed by atoms with Gasteiger partial charge in [0, 0.05) is 11.4 Å². The highest BCUT2D eigenvalue weighted by Gasteiger charge is 2.00. The lowest BCUT2D eigenvalue weighted by Gasteiger charge is -2.02. The van der Waals surface area contributed by atoms with Gasteiger partial charge in [-0.3, -0.25) is 4.79 Å². The van der Waals surface area contributed by atoms with Crippen molar-refractivity contribution in [2.75, 3.05) is 0 Å². The summed E-state index contributed by atoms with van der Waals surface area (Å²) in [6, 6.07) is 11.6. The van der Waals surface area contributed by atoms with E-state index in [0.29, 0.717) is 5.88 Å². The highest BCUT2D eigenvalue weighted by atomic mass is 35.5. The second kappa shape index (κ2) is 3.81. The van der Waals surface area contributed by atoms with Gasteiger partial charge in [0.15, 0.2) is 6.29 Å². The molecule has 2 rings (SSSR count). The van der Waals surface area contributed by atoms with Crippen molar-refractivity contribution in [3.8, 4) is 0 Å². The van der Waals surface area contributed by atoms with Crippen LogP contribution < -0.4 is 0 Å². The van der Waals surface area contributed by atoms with Gasteiger partial charge in [0.05, 0.1) is 0 Å². The van der Waals surface area contributed by atoms with E-state index < -0.39 is 0 Å². The molecule has 0 radical (unpaired) electrons. The molecule has 0 amide bonds. The molecule has 1 nitrogen and oxygen atoms in total. The fourth-order valence-electron chi connectivity index (χ4n) is 1.53. The van der Waals surface area contributed by atoms with Gasteiger partial charge in [-0.2, -0.15) is 0 Å². The van der Waals surface area contributed by atoms with Crippen molar-refractivity contribution in [3.63, 3.8) is 0 Å². The van der Waals surface area contributed by atoms with Crippen molar-refractivity contribution >= 4 is 28.7 Å². The molecule has 0 fully saturated rings. The monoisotopic (exact) mass is 204 g/mol. The van der Waals surface area contributed by atoms with Gasteiger partial charge < -0.3 is 0 Å². The molecule has 0 saturated heterocycles. The first-order valence-corrected chi connectivity index (χ1v) is 4.91. The van der Waals surface area contributed by atoms with Crippen molar-refractivity contribution < 1.29 is 4.79 Å². The molecular formula is C12H9ClO. The zero-order chi connectivity index (χ0) is 9.97. The summed E-state index contributed by atoms with van der Waals surface area (Å²) >= 11 is 5.73.